The number of hydrogen-bond acceptors (Lipinski definition) is 2. The van der Waals surface area contributed by atoms with Crippen molar-refractivity contribution >= 4 is 5.65 Å². The topological polar surface area (TPSA) is 30.2 Å². The summed E-state index contributed by atoms with van der Waals surface area (Å²) >= 11 is 0. The molecule has 2 aromatic heterocycles. The molecular weight excluding hydrogens is 248 g/mol. The summed E-state index contributed by atoms with van der Waals surface area (Å²) in [6.45, 7) is 1.87. The first-order valence-corrected chi connectivity index (χ1v) is 5.85. The number of halogens is 2. The number of aromatic nitrogens is 3. The summed E-state index contributed by atoms with van der Waals surface area (Å²) < 4.78 is 27.6. The Morgan fingerprint density at radius 1 is 1.11 bits per heavy atom. The Balaban J connectivity index is 2.21. The van der Waals surface area contributed by atoms with Crippen LogP contribution in [0.25, 0.3) is 16.9 Å². The Kier molecular flexibility index (Phi) is 2.74. The summed E-state index contributed by atoms with van der Waals surface area (Å²) in [6, 6.07) is 9.90. The number of nitrogens with zero attached hydrogens (tertiary/aromatic N) is 3. The lowest BCUT2D eigenvalue weighted by Gasteiger charge is -2.08. The van der Waals surface area contributed by atoms with Gasteiger partial charge in [0.1, 0.15) is 0 Å². The van der Waals surface area contributed by atoms with Gasteiger partial charge in [-0.15, -0.1) is 0 Å². The van der Waals surface area contributed by atoms with Crippen molar-refractivity contribution < 1.29 is 8.78 Å². The molecule has 0 saturated heterocycles. The number of aryl methyl sites for hydroxylation is 1. The molecule has 0 aliphatic rings. The van der Waals surface area contributed by atoms with Crippen molar-refractivity contribution in [3.63, 3.8) is 0 Å². The van der Waals surface area contributed by atoms with Gasteiger partial charge in [-0.2, -0.15) is 5.10 Å². The fourth-order valence-corrected chi connectivity index (χ4v) is 2.05. The molecule has 0 atom stereocenters. The molecule has 96 valence electrons. The number of fused-ring (bicyclic) bond motifs is 1. The maximum Gasteiger partial charge on any atom is 0.264 e. The average Bonchev–Trinajstić information content (AvgIpc) is 2.80. The number of imidazole rings is 1. The van der Waals surface area contributed by atoms with Crippen molar-refractivity contribution in [3.8, 4) is 11.3 Å². The standard InChI is InChI=1S/C14H11F2N3/c1-9-8-17-13-7-6-12(18-19(9)13)10-4-2-3-5-11(10)14(15)16/h2-8,14H,1H3. The maximum atomic E-state index is 13.0. The van der Waals surface area contributed by atoms with Crippen LogP contribution < -0.4 is 0 Å². The van der Waals surface area contributed by atoms with E-state index in [4.69, 9.17) is 0 Å². The molecule has 0 spiro atoms. The largest absolute Gasteiger partial charge is 0.264 e. The van der Waals surface area contributed by atoms with Gasteiger partial charge in [0.25, 0.3) is 6.43 Å². The molecule has 3 rings (SSSR count). The highest BCUT2D eigenvalue weighted by molar-refractivity contribution is 5.64. The molecule has 19 heavy (non-hydrogen) atoms. The van der Waals surface area contributed by atoms with Crippen LogP contribution in [0.1, 0.15) is 17.7 Å². The van der Waals surface area contributed by atoms with E-state index in [0.717, 1.165) is 5.69 Å². The molecule has 3 nitrogen and oxygen atoms in total. The molecule has 3 aromatic rings. The van der Waals surface area contributed by atoms with E-state index >= 15 is 0 Å². The van der Waals surface area contributed by atoms with Gasteiger partial charge < -0.3 is 0 Å². The molecule has 0 fully saturated rings. The van der Waals surface area contributed by atoms with E-state index in [9.17, 15) is 8.78 Å². The third kappa shape index (κ3) is 1.97. The fourth-order valence-electron chi connectivity index (χ4n) is 2.05. The van der Waals surface area contributed by atoms with Crippen LogP contribution in [-0.4, -0.2) is 14.6 Å². The second-order valence-corrected chi connectivity index (χ2v) is 4.28. The van der Waals surface area contributed by atoms with Gasteiger partial charge in [0.15, 0.2) is 5.65 Å². The molecular formula is C14H11F2N3. The summed E-state index contributed by atoms with van der Waals surface area (Å²) in [5.41, 5.74) is 2.53. The van der Waals surface area contributed by atoms with Crippen molar-refractivity contribution in [1.29, 1.82) is 0 Å². The SMILES string of the molecule is Cc1cnc2ccc(-c3ccccc3C(F)F)nn12. The normalized spacial score (nSPS) is 11.4. The lowest BCUT2D eigenvalue weighted by atomic mass is 10.0. The molecule has 5 heteroatoms. The van der Waals surface area contributed by atoms with E-state index in [2.05, 4.69) is 10.1 Å². The van der Waals surface area contributed by atoms with E-state index in [0.29, 0.717) is 16.9 Å². The van der Waals surface area contributed by atoms with Gasteiger partial charge in [0.05, 0.1) is 17.6 Å². The van der Waals surface area contributed by atoms with Crippen molar-refractivity contribution in [2.24, 2.45) is 0 Å². The maximum absolute atomic E-state index is 13.0. The van der Waals surface area contributed by atoms with Crippen molar-refractivity contribution in [2.75, 3.05) is 0 Å². The zero-order valence-electron chi connectivity index (χ0n) is 10.2. The van der Waals surface area contributed by atoms with Gasteiger partial charge in [-0.05, 0) is 19.1 Å². The van der Waals surface area contributed by atoms with Crippen LogP contribution in [0.3, 0.4) is 0 Å². The summed E-state index contributed by atoms with van der Waals surface area (Å²) in [6.07, 6.45) is -0.817. The van der Waals surface area contributed by atoms with Crippen molar-refractivity contribution in [3.05, 3.63) is 53.9 Å². The predicted octanol–water partition coefficient (Wildman–Crippen LogP) is 3.64. The van der Waals surface area contributed by atoms with Crippen LogP contribution in [-0.2, 0) is 0 Å². The van der Waals surface area contributed by atoms with Crippen LogP contribution >= 0.6 is 0 Å². The highest BCUT2D eigenvalue weighted by atomic mass is 19.3. The monoisotopic (exact) mass is 259 g/mol. The van der Waals surface area contributed by atoms with Crippen molar-refractivity contribution in [1.82, 2.24) is 14.6 Å². The number of alkyl halides is 2. The zero-order valence-corrected chi connectivity index (χ0v) is 10.2. The first-order chi connectivity index (χ1) is 9.16. The molecule has 2 heterocycles. The minimum absolute atomic E-state index is 0.00730. The minimum Gasteiger partial charge on any atom is -0.235 e. The number of hydrogen-bond donors (Lipinski definition) is 0. The molecule has 1 aromatic carbocycles. The van der Waals surface area contributed by atoms with Gasteiger partial charge in [-0.3, -0.25) is 0 Å². The van der Waals surface area contributed by atoms with Crippen LogP contribution in [0, 0.1) is 6.92 Å². The van der Waals surface area contributed by atoms with E-state index in [1.54, 1.807) is 41.0 Å². The highest BCUT2D eigenvalue weighted by Crippen LogP contribution is 2.29. The Hall–Kier alpha value is -2.30. The molecule has 0 amide bonds. The summed E-state index contributed by atoms with van der Waals surface area (Å²) in [5, 5.41) is 4.37. The van der Waals surface area contributed by atoms with E-state index in [1.165, 1.54) is 6.07 Å². The lowest BCUT2D eigenvalue weighted by Crippen LogP contribution is -1.98. The van der Waals surface area contributed by atoms with Gasteiger partial charge in [0.2, 0.25) is 0 Å². The van der Waals surface area contributed by atoms with E-state index in [1.807, 2.05) is 6.92 Å². The second-order valence-electron chi connectivity index (χ2n) is 4.28. The van der Waals surface area contributed by atoms with Crippen molar-refractivity contribution in [2.45, 2.75) is 13.3 Å². The van der Waals surface area contributed by atoms with Crippen LogP contribution in [0.4, 0.5) is 8.78 Å². The number of rotatable bonds is 2. The van der Waals surface area contributed by atoms with Crippen LogP contribution in [0.5, 0.6) is 0 Å². The van der Waals surface area contributed by atoms with Gasteiger partial charge in [-0.1, -0.05) is 24.3 Å². The smallest absolute Gasteiger partial charge is 0.235 e. The van der Waals surface area contributed by atoms with Crippen LogP contribution in [0.2, 0.25) is 0 Å². The summed E-state index contributed by atoms with van der Waals surface area (Å²) in [5.74, 6) is 0. The van der Waals surface area contributed by atoms with E-state index in [-0.39, 0.29) is 5.56 Å². The second kappa shape index (κ2) is 4.42. The summed E-state index contributed by atoms with van der Waals surface area (Å²) in [7, 11) is 0. The Bertz CT molecular complexity index is 734. The predicted molar refractivity (Wildman–Crippen MR) is 68.1 cm³/mol. The third-order valence-corrected chi connectivity index (χ3v) is 3.00. The van der Waals surface area contributed by atoms with Crippen LogP contribution in [0.15, 0.2) is 42.6 Å². The first-order valence-electron chi connectivity index (χ1n) is 5.85. The number of benzene rings is 1. The van der Waals surface area contributed by atoms with Gasteiger partial charge in [-0.25, -0.2) is 18.3 Å². The molecule has 0 aliphatic carbocycles. The molecule has 0 aliphatic heterocycles. The van der Waals surface area contributed by atoms with Gasteiger partial charge >= 0.3 is 0 Å². The Morgan fingerprint density at radius 2 is 1.89 bits per heavy atom. The lowest BCUT2D eigenvalue weighted by molar-refractivity contribution is 0.152. The summed E-state index contributed by atoms with van der Waals surface area (Å²) in [4.78, 5) is 4.16. The molecule has 0 unspecified atom stereocenters. The fraction of sp³-hybridized carbons (Fsp3) is 0.143. The Morgan fingerprint density at radius 3 is 2.68 bits per heavy atom. The molecule has 0 N–H and O–H groups in total. The molecule has 0 radical (unpaired) electrons. The molecule has 0 saturated carbocycles. The average molecular weight is 259 g/mol. The molecule has 0 bridgehead atoms. The zero-order chi connectivity index (χ0) is 13.4. The quantitative estimate of drug-likeness (QED) is 0.703. The van der Waals surface area contributed by atoms with E-state index < -0.39 is 6.43 Å². The Labute approximate surface area is 108 Å². The third-order valence-electron chi connectivity index (χ3n) is 3.00. The minimum atomic E-state index is -2.52. The first kappa shape index (κ1) is 11.8. The highest BCUT2D eigenvalue weighted by Gasteiger charge is 2.15. The van der Waals surface area contributed by atoms with Gasteiger partial charge in [0, 0.05) is 11.1 Å².